The summed E-state index contributed by atoms with van der Waals surface area (Å²) >= 11 is 0. The van der Waals surface area contributed by atoms with Crippen molar-refractivity contribution in [2.24, 2.45) is 0 Å². The molecule has 7 heteroatoms. The van der Waals surface area contributed by atoms with Crippen LogP contribution in [0.1, 0.15) is 35.4 Å². The van der Waals surface area contributed by atoms with E-state index in [1.807, 2.05) is 54.6 Å². The highest BCUT2D eigenvalue weighted by atomic mass is 16.5. The smallest absolute Gasteiger partial charge is 0.255 e. The van der Waals surface area contributed by atoms with Crippen LogP contribution < -0.4 is 19.5 Å². The van der Waals surface area contributed by atoms with Crippen molar-refractivity contribution < 1.29 is 19.0 Å². The number of methoxy groups -OCH3 is 2. The molecule has 7 nitrogen and oxygen atoms in total. The molecule has 0 unspecified atom stereocenters. The molecule has 0 fully saturated rings. The minimum absolute atomic E-state index is 0.129. The van der Waals surface area contributed by atoms with Crippen molar-refractivity contribution >= 4 is 16.9 Å². The van der Waals surface area contributed by atoms with Gasteiger partial charge in [-0.3, -0.25) is 4.79 Å². The van der Waals surface area contributed by atoms with Crippen LogP contribution in [0.2, 0.25) is 0 Å². The molecule has 1 heterocycles. The lowest BCUT2D eigenvalue weighted by molar-refractivity contribution is 0.0950. The van der Waals surface area contributed by atoms with Crippen LogP contribution in [0.4, 0.5) is 0 Å². The number of aromatic nitrogens is 2. The molecule has 188 valence electrons. The Bertz CT molecular complexity index is 1280. The number of nitrogens with one attached hydrogen (secondary N) is 1. The van der Waals surface area contributed by atoms with Crippen LogP contribution >= 0.6 is 0 Å². The Morgan fingerprint density at radius 2 is 1.53 bits per heavy atom. The summed E-state index contributed by atoms with van der Waals surface area (Å²) in [5.41, 5.74) is 2.68. The predicted molar refractivity (Wildman–Crippen MR) is 141 cm³/mol. The van der Waals surface area contributed by atoms with Crippen LogP contribution in [-0.2, 0) is 13.0 Å². The molecule has 0 aliphatic carbocycles. The number of carbonyl (C=O) groups is 1. The minimum Gasteiger partial charge on any atom is -0.496 e. The topological polar surface area (TPSA) is 74.6 Å². The number of rotatable bonds is 13. The van der Waals surface area contributed by atoms with Crippen molar-refractivity contribution in [1.82, 2.24) is 14.9 Å². The molecule has 3 aromatic carbocycles. The van der Waals surface area contributed by atoms with E-state index in [1.165, 1.54) is 0 Å². The predicted octanol–water partition coefficient (Wildman–Crippen LogP) is 5.28. The molecule has 0 spiro atoms. The summed E-state index contributed by atoms with van der Waals surface area (Å²) < 4.78 is 18.9. The lowest BCUT2D eigenvalue weighted by Gasteiger charge is -2.12. The Morgan fingerprint density at radius 1 is 0.833 bits per heavy atom. The molecule has 1 aromatic heterocycles. The Kier molecular flexibility index (Phi) is 8.81. The van der Waals surface area contributed by atoms with Gasteiger partial charge in [-0.05, 0) is 55.7 Å². The number of imidazole rings is 1. The van der Waals surface area contributed by atoms with Gasteiger partial charge in [-0.25, -0.2) is 4.98 Å². The molecule has 4 rings (SSSR count). The van der Waals surface area contributed by atoms with E-state index in [-0.39, 0.29) is 5.91 Å². The molecule has 4 aromatic rings. The van der Waals surface area contributed by atoms with Crippen molar-refractivity contribution in [1.29, 1.82) is 0 Å². The number of carbonyl (C=O) groups excluding carboxylic acids is 1. The number of unbranched alkanes of at least 4 members (excludes halogenated alkanes) is 1. The van der Waals surface area contributed by atoms with Crippen LogP contribution in [0.3, 0.4) is 0 Å². The van der Waals surface area contributed by atoms with Crippen LogP contribution in [0.25, 0.3) is 11.0 Å². The van der Waals surface area contributed by atoms with Crippen LogP contribution in [0, 0.1) is 0 Å². The van der Waals surface area contributed by atoms with E-state index in [4.69, 9.17) is 19.2 Å². The molecule has 0 saturated carbocycles. The number of ether oxygens (including phenoxy) is 3. The fourth-order valence-electron chi connectivity index (χ4n) is 4.23. The van der Waals surface area contributed by atoms with Gasteiger partial charge in [0.1, 0.15) is 11.6 Å². The average Bonchev–Trinajstić information content (AvgIpc) is 3.28. The van der Waals surface area contributed by atoms with E-state index >= 15 is 0 Å². The number of aryl methyl sites for hydroxylation is 2. The first-order chi connectivity index (χ1) is 17.7. The van der Waals surface area contributed by atoms with Gasteiger partial charge >= 0.3 is 0 Å². The van der Waals surface area contributed by atoms with Crippen molar-refractivity contribution in [3.8, 4) is 17.2 Å². The van der Waals surface area contributed by atoms with Gasteiger partial charge < -0.3 is 24.1 Å². The SMILES string of the molecule is COc1ccccc1OCCCCn1c(CCCNC(=O)c2ccccc2OC)nc2ccccc21. The molecule has 0 bridgehead atoms. The molecule has 36 heavy (non-hydrogen) atoms. The third-order valence-corrected chi connectivity index (χ3v) is 6.05. The van der Waals surface area contributed by atoms with E-state index in [1.54, 1.807) is 26.4 Å². The zero-order valence-corrected chi connectivity index (χ0v) is 20.9. The van der Waals surface area contributed by atoms with Crippen molar-refractivity contribution in [2.75, 3.05) is 27.4 Å². The van der Waals surface area contributed by atoms with Crippen LogP contribution in [-0.4, -0.2) is 42.8 Å². The normalized spacial score (nSPS) is 10.8. The van der Waals surface area contributed by atoms with E-state index in [2.05, 4.69) is 16.0 Å². The Hall–Kier alpha value is -4.00. The van der Waals surface area contributed by atoms with E-state index < -0.39 is 0 Å². The zero-order chi connectivity index (χ0) is 25.2. The average molecular weight is 488 g/mol. The van der Waals surface area contributed by atoms with Gasteiger partial charge in [0.25, 0.3) is 5.91 Å². The highest BCUT2D eigenvalue weighted by Crippen LogP contribution is 2.26. The number of benzene rings is 3. The fourth-order valence-corrected chi connectivity index (χ4v) is 4.23. The molecule has 0 radical (unpaired) electrons. The van der Waals surface area contributed by atoms with Crippen LogP contribution in [0.5, 0.6) is 17.2 Å². The highest BCUT2D eigenvalue weighted by Gasteiger charge is 2.13. The summed E-state index contributed by atoms with van der Waals surface area (Å²) in [5.74, 6) is 3.00. The number of hydrogen-bond donors (Lipinski definition) is 1. The molecule has 0 aliphatic heterocycles. The van der Waals surface area contributed by atoms with Gasteiger partial charge in [-0.1, -0.05) is 36.4 Å². The van der Waals surface area contributed by atoms with Gasteiger partial charge in [-0.2, -0.15) is 0 Å². The summed E-state index contributed by atoms with van der Waals surface area (Å²) in [4.78, 5) is 17.4. The lowest BCUT2D eigenvalue weighted by Crippen LogP contribution is -2.25. The van der Waals surface area contributed by atoms with E-state index in [0.717, 1.165) is 60.6 Å². The largest absolute Gasteiger partial charge is 0.496 e. The van der Waals surface area contributed by atoms with Crippen molar-refractivity contribution in [2.45, 2.75) is 32.2 Å². The third-order valence-electron chi connectivity index (χ3n) is 6.05. The fraction of sp³-hybridized carbons (Fsp3) is 0.310. The number of para-hydroxylation sites is 5. The third kappa shape index (κ3) is 6.16. The Labute approximate surface area is 212 Å². The van der Waals surface area contributed by atoms with Crippen molar-refractivity contribution in [3.05, 3.63) is 84.2 Å². The summed E-state index contributed by atoms with van der Waals surface area (Å²) in [6.45, 7) is 2.04. The standard InChI is InChI=1S/C29H33N3O4/c1-34-25-15-6-3-12-22(25)29(33)30-19-11-18-28-31-23-13-4-5-14-24(23)32(28)20-9-10-21-36-27-17-8-7-16-26(27)35-2/h3-8,12-17H,9-11,18-21H2,1-2H3,(H,30,33). The highest BCUT2D eigenvalue weighted by molar-refractivity contribution is 5.96. The Morgan fingerprint density at radius 3 is 2.33 bits per heavy atom. The number of amides is 1. The van der Waals surface area contributed by atoms with Crippen LogP contribution in [0.15, 0.2) is 72.8 Å². The van der Waals surface area contributed by atoms with E-state index in [0.29, 0.717) is 24.5 Å². The summed E-state index contributed by atoms with van der Waals surface area (Å²) in [6.07, 6.45) is 3.45. The molecule has 1 N–H and O–H groups in total. The van der Waals surface area contributed by atoms with Crippen molar-refractivity contribution in [3.63, 3.8) is 0 Å². The quantitative estimate of drug-likeness (QED) is 0.260. The summed E-state index contributed by atoms with van der Waals surface area (Å²) in [6, 6.07) is 23.2. The zero-order valence-electron chi connectivity index (χ0n) is 20.9. The second-order valence-electron chi connectivity index (χ2n) is 8.43. The number of hydrogen-bond acceptors (Lipinski definition) is 5. The molecular formula is C29H33N3O4. The van der Waals surface area contributed by atoms with Gasteiger partial charge in [0, 0.05) is 19.5 Å². The minimum atomic E-state index is -0.129. The first-order valence-electron chi connectivity index (χ1n) is 12.3. The number of nitrogens with zero attached hydrogens (tertiary/aromatic N) is 2. The lowest BCUT2D eigenvalue weighted by atomic mass is 10.2. The number of fused-ring (bicyclic) bond motifs is 1. The molecule has 1 amide bonds. The second-order valence-corrected chi connectivity index (χ2v) is 8.43. The monoisotopic (exact) mass is 487 g/mol. The summed E-state index contributed by atoms with van der Waals surface area (Å²) in [7, 11) is 3.22. The molecular weight excluding hydrogens is 454 g/mol. The van der Waals surface area contributed by atoms with Gasteiger partial charge in [-0.15, -0.1) is 0 Å². The Balaban J connectivity index is 1.30. The molecule has 0 atom stereocenters. The second kappa shape index (κ2) is 12.6. The maximum absolute atomic E-state index is 12.6. The van der Waals surface area contributed by atoms with Gasteiger partial charge in [0.15, 0.2) is 11.5 Å². The molecule has 0 saturated heterocycles. The van der Waals surface area contributed by atoms with E-state index in [9.17, 15) is 4.79 Å². The summed E-state index contributed by atoms with van der Waals surface area (Å²) in [5, 5.41) is 3.00. The first kappa shape index (κ1) is 25.1. The molecule has 0 aliphatic rings. The van der Waals surface area contributed by atoms with Gasteiger partial charge in [0.2, 0.25) is 0 Å². The van der Waals surface area contributed by atoms with Gasteiger partial charge in [0.05, 0.1) is 37.4 Å². The maximum atomic E-state index is 12.6. The maximum Gasteiger partial charge on any atom is 0.255 e. The first-order valence-corrected chi connectivity index (χ1v) is 12.3.